The Morgan fingerprint density at radius 3 is 2.26 bits per heavy atom. The second-order valence-corrected chi connectivity index (χ2v) is 5.48. The smallest absolute Gasteiger partial charge is 0.0320 e. The quantitative estimate of drug-likeness (QED) is 0.788. The standard InChI is InChI=1S/C18H21N/c1-15(16-8-4-2-5-9-16)19-13-12-18(14-19)17-10-6-3-7-11-17/h2-11,15,18H,12-14H2,1H3. The molecular formula is C18H21N. The third-order valence-electron chi connectivity index (χ3n) is 4.32. The van der Waals surface area contributed by atoms with Crippen LogP contribution >= 0.6 is 0 Å². The molecule has 0 aliphatic carbocycles. The minimum Gasteiger partial charge on any atom is -0.296 e. The van der Waals surface area contributed by atoms with E-state index in [4.69, 9.17) is 0 Å². The number of rotatable bonds is 3. The Labute approximate surface area is 115 Å². The van der Waals surface area contributed by atoms with Crippen LogP contribution < -0.4 is 0 Å². The molecular weight excluding hydrogens is 230 g/mol. The topological polar surface area (TPSA) is 3.24 Å². The molecule has 0 saturated carbocycles. The fourth-order valence-electron chi connectivity index (χ4n) is 3.08. The summed E-state index contributed by atoms with van der Waals surface area (Å²) in [6, 6.07) is 22.3. The lowest BCUT2D eigenvalue weighted by Crippen LogP contribution is -2.24. The van der Waals surface area contributed by atoms with Gasteiger partial charge in [-0.1, -0.05) is 60.7 Å². The molecule has 1 nitrogen and oxygen atoms in total. The van der Waals surface area contributed by atoms with Crippen molar-refractivity contribution in [2.24, 2.45) is 0 Å². The Bertz CT molecular complexity index is 506. The van der Waals surface area contributed by atoms with Crippen molar-refractivity contribution in [1.82, 2.24) is 4.90 Å². The molecule has 0 radical (unpaired) electrons. The summed E-state index contributed by atoms with van der Waals surface area (Å²) in [5.41, 5.74) is 2.92. The van der Waals surface area contributed by atoms with E-state index in [0.717, 1.165) is 0 Å². The van der Waals surface area contributed by atoms with Gasteiger partial charge in [0.25, 0.3) is 0 Å². The molecule has 1 heteroatoms. The average molecular weight is 251 g/mol. The molecule has 1 heterocycles. The first kappa shape index (κ1) is 12.4. The highest BCUT2D eigenvalue weighted by Gasteiger charge is 2.27. The van der Waals surface area contributed by atoms with Crippen molar-refractivity contribution in [2.75, 3.05) is 13.1 Å². The predicted octanol–water partition coefficient (Wildman–Crippen LogP) is 4.24. The molecule has 1 aliphatic heterocycles. The van der Waals surface area contributed by atoms with Crippen molar-refractivity contribution in [3.63, 3.8) is 0 Å². The fraction of sp³-hybridized carbons (Fsp3) is 0.333. The molecule has 1 saturated heterocycles. The summed E-state index contributed by atoms with van der Waals surface area (Å²) in [4.78, 5) is 2.60. The van der Waals surface area contributed by atoms with E-state index < -0.39 is 0 Å². The number of nitrogens with zero attached hydrogens (tertiary/aromatic N) is 1. The van der Waals surface area contributed by atoms with E-state index in [1.165, 1.54) is 30.6 Å². The van der Waals surface area contributed by atoms with Gasteiger partial charge >= 0.3 is 0 Å². The fourth-order valence-corrected chi connectivity index (χ4v) is 3.08. The lowest BCUT2D eigenvalue weighted by Gasteiger charge is -2.24. The Balaban J connectivity index is 1.69. The zero-order valence-electron chi connectivity index (χ0n) is 11.5. The molecule has 1 fully saturated rings. The lowest BCUT2D eigenvalue weighted by atomic mass is 9.98. The van der Waals surface area contributed by atoms with Crippen molar-refractivity contribution < 1.29 is 0 Å². The van der Waals surface area contributed by atoms with Gasteiger partial charge in [-0.3, -0.25) is 4.90 Å². The summed E-state index contributed by atoms with van der Waals surface area (Å²) in [7, 11) is 0. The Morgan fingerprint density at radius 1 is 0.947 bits per heavy atom. The lowest BCUT2D eigenvalue weighted by molar-refractivity contribution is 0.260. The highest BCUT2D eigenvalue weighted by atomic mass is 15.2. The van der Waals surface area contributed by atoms with E-state index in [9.17, 15) is 0 Å². The summed E-state index contributed by atoms with van der Waals surface area (Å²) < 4.78 is 0. The second-order valence-electron chi connectivity index (χ2n) is 5.48. The van der Waals surface area contributed by atoms with Gasteiger partial charge < -0.3 is 0 Å². The zero-order valence-corrected chi connectivity index (χ0v) is 11.5. The van der Waals surface area contributed by atoms with Gasteiger partial charge in [-0.2, -0.15) is 0 Å². The maximum Gasteiger partial charge on any atom is 0.0320 e. The molecule has 1 aliphatic rings. The first-order valence-corrected chi connectivity index (χ1v) is 7.18. The summed E-state index contributed by atoms with van der Waals surface area (Å²) in [6.45, 7) is 4.71. The third-order valence-corrected chi connectivity index (χ3v) is 4.32. The summed E-state index contributed by atoms with van der Waals surface area (Å²) in [5, 5.41) is 0. The van der Waals surface area contributed by atoms with Gasteiger partial charge in [-0.05, 0) is 36.9 Å². The van der Waals surface area contributed by atoms with Gasteiger partial charge in [0.05, 0.1) is 0 Å². The van der Waals surface area contributed by atoms with Crippen LogP contribution in [0.25, 0.3) is 0 Å². The maximum absolute atomic E-state index is 2.60. The van der Waals surface area contributed by atoms with Crippen molar-refractivity contribution >= 4 is 0 Å². The summed E-state index contributed by atoms with van der Waals surface area (Å²) in [5.74, 6) is 0.701. The Morgan fingerprint density at radius 2 is 1.58 bits per heavy atom. The molecule has 98 valence electrons. The zero-order chi connectivity index (χ0) is 13.1. The van der Waals surface area contributed by atoms with Crippen molar-refractivity contribution in [1.29, 1.82) is 0 Å². The van der Waals surface area contributed by atoms with Crippen molar-refractivity contribution in [2.45, 2.75) is 25.3 Å². The monoisotopic (exact) mass is 251 g/mol. The van der Waals surface area contributed by atoms with Crippen LogP contribution in [0, 0.1) is 0 Å². The van der Waals surface area contributed by atoms with Gasteiger partial charge in [-0.15, -0.1) is 0 Å². The predicted molar refractivity (Wildman–Crippen MR) is 80.2 cm³/mol. The molecule has 2 aromatic rings. The van der Waals surface area contributed by atoms with Gasteiger partial charge in [0.15, 0.2) is 0 Å². The highest BCUT2D eigenvalue weighted by Crippen LogP contribution is 2.32. The highest BCUT2D eigenvalue weighted by molar-refractivity contribution is 5.23. The number of benzene rings is 2. The number of hydrogen-bond donors (Lipinski definition) is 0. The summed E-state index contributed by atoms with van der Waals surface area (Å²) in [6.07, 6.45) is 1.28. The molecule has 0 bridgehead atoms. The average Bonchev–Trinajstić information content (AvgIpc) is 2.98. The molecule has 2 unspecified atom stereocenters. The van der Waals surface area contributed by atoms with Crippen LogP contribution in [0.1, 0.15) is 36.4 Å². The van der Waals surface area contributed by atoms with E-state index in [-0.39, 0.29) is 0 Å². The minimum absolute atomic E-state index is 0.523. The SMILES string of the molecule is CC(c1ccccc1)N1CCC(c2ccccc2)C1. The maximum atomic E-state index is 2.60. The largest absolute Gasteiger partial charge is 0.296 e. The second kappa shape index (κ2) is 5.58. The summed E-state index contributed by atoms with van der Waals surface area (Å²) >= 11 is 0. The van der Waals surface area contributed by atoms with Crippen LogP contribution in [0.15, 0.2) is 60.7 Å². The van der Waals surface area contributed by atoms with Crippen molar-refractivity contribution in [3.8, 4) is 0 Å². The van der Waals surface area contributed by atoms with Crippen LogP contribution in [-0.4, -0.2) is 18.0 Å². The Hall–Kier alpha value is -1.60. The molecule has 2 aromatic carbocycles. The molecule has 2 atom stereocenters. The van der Waals surface area contributed by atoms with E-state index >= 15 is 0 Å². The van der Waals surface area contributed by atoms with E-state index in [0.29, 0.717) is 12.0 Å². The third kappa shape index (κ3) is 2.71. The van der Waals surface area contributed by atoms with Gasteiger partial charge in [0.2, 0.25) is 0 Å². The van der Waals surface area contributed by atoms with Gasteiger partial charge in [0, 0.05) is 12.6 Å². The van der Waals surface area contributed by atoms with E-state index in [1.54, 1.807) is 0 Å². The molecule has 19 heavy (non-hydrogen) atoms. The van der Waals surface area contributed by atoms with E-state index in [2.05, 4.69) is 72.5 Å². The number of hydrogen-bond acceptors (Lipinski definition) is 1. The van der Waals surface area contributed by atoms with Crippen molar-refractivity contribution in [3.05, 3.63) is 71.8 Å². The minimum atomic E-state index is 0.523. The number of likely N-dealkylation sites (tertiary alicyclic amines) is 1. The van der Waals surface area contributed by atoms with Crippen LogP contribution in [0.3, 0.4) is 0 Å². The molecule has 0 aromatic heterocycles. The molecule has 0 amide bonds. The van der Waals surface area contributed by atoms with Crippen LogP contribution in [0.5, 0.6) is 0 Å². The Kier molecular flexibility index (Phi) is 3.65. The van der Waals surface area contributed by atoms with Gasteiger partial charge in [0.1, 0.15) is 0 Å². The van der Waals surface area contributed by atoms with Crippen LogP contribution in [-0.2, 0) is 0 Å². The molecule has 3 rings (SSSR count). The first-order chi connectivity index (χ1) is 9.34. The van der Waals surface area contributed by atoms with Crippen LogP contribution in [0.4, 0.5) is 0 Å². The van der Waals surface area contributed by atoms with Crippen LogP contribution in [0.2, 0.25) is 0 Å². The normalized spacial score (nSPS) is 21.4. The van der Waals surface area contributed by atoms with Gasteiger partial charge in [-0.25, -0.2) is 0 Å². The molecule has 0 spiro atoms. The molecule has 0 N–H and O–H groups in total. The first-order valence-electron chi connectivity index (χ1n) is 7.18. The van der Waals surface area contributed by atoms with E-state index in [1.807, 2.05) is 0 Å².